The third-order valence-electron chi connectivity index (χ3n) is 5.34. The molecule has 144 valence electrons. The molecule has 1 saturated heterocycles. The van der Waals surface area contributed by atoms with Crippen molar-refractivity contribution in [3.8, 4) is 0 Å². The molecule has 8 heteroatoms. The van der Waals surface area contributed by atoms with Gasteiger partial charge in [0, 0.05) is 50.3 Å². The average Bonchev–Trinajstić information content (AvgIpc) is 3.07. The Bertz CT molecular complexity index is 550. The second-order valence-corrected chi connectivity index (χ2v) is 7.75. The fourth-order valence-electron chi connectivity index (χ4n) is 3.49. The number of carbonyl (C=O) groups is 1. The molecule has 1 fully saturated rings. The highest BCUT2D eigenvalue weighted by atomic mass is 35.5. The maximum absolute atomic E-state index is 12.6. The van der Waals surface area contributed by atoms with Crippen LogP contribution in [0.1, 0.15) is 30.2 Å². The van der Waals surface area contributed by atoms with E-state index < -0.39 is 5.41 Å². The van der Waals surface area contributed by atoms with Crippen molar-refractivity contribution in [1.82, 2.24) is 10.2 Å². The summed E-state index contributed by atoms with van der Waals surface area (Å²) in [6, 6.07) is 2.56. The maximum Gasteiger partial charge on any atom is 0.227 e. The highest BCUT2D eigenvalue weighted by molar-refractivity contribution is 7.10. The van der Waals surface area contributed by atoms with Gasteiger partial charge in [-0.15, -0.1) is 36.2 Å². The van der Waals surface area contributed by atoms with Gasteiger partial charge in [-0.25, -0.2) is 0 Å². The van der Waals surface area contributed by atoms with Gasteiger partial charge in [0.2, 0.25) is 5.91 Å². The van der Waals surface area contributed by atoms with Gasteiger partial charge in [0.1, 0.15) is 0 Å². The number of halogens is 2. The molecule has 25 heavy (non-hydrogen) atoms. The molecule has 5 nitrogen and oxygen atoms in total. The molecule has 2 aliphatic rings. The number of hydrogen-bond acceptors (Lipinski definition) is 5. The van der Waals surface area contributed by atoms with E-state index in [1.54, 1.807) is 0 Å². The Morgan fingerprint density at radius 1 is 1.44 bits per heavy atom. The average molecular weight is 410 g/mol. The molecular weight excluding hydrogens is 381 g/mol. The van der Waals surface area contributed by atoms with E-state index in [4.69, 9.17) is 10.5 Å². The Labute approximate surface area is 166 Å². The van der Waals surface area contributed by atoms with Gasteiger partial charge in [-0.2, -0.15) is 0 Å². The molecule has 1 atom stereocenters. The smallest absolute Gasteiger partial charge is 0.227 e. The van der Waals surface area contributed by atoms with Gasteiger partial charge < -0.3 is 15.8 Å². The number of carbonyl (C=O) groups excluding carboxylic acids is 1. The van der Waals surface area contributed by atoms with Crippen LogP contribution in [0.25, 0.3) is 0 Å². The zero-order chi connectivity index (χ0) is 16.3. The third-order valence-corrected chi connectivity index (χ3v) is 6.36. The Hall–Kier alpha value is -0.370. The monoisotopic (exact) mass is 409 g/mol. The van der Waals surface area contributed by atoms with Crippen LogP contribution in [0.15, 0.2) is 11.4 Å². The van der Waals surface area contributed by atoms with Crippen LogP contribution < -0.4 is 11.1 Å². The first kappa shape index (κ1) is 22.7. The van der Waals surface area contributed by atoms with Crippen LogP contribution in [0.5, 0.6) is 0 Å². The zero-order valence-corrected chi connectivity index (χ0v) is 17.1. The quantitative estimate of drug-likeness (QED) is 0.781. The van der Waals surface area contributed by atoms with Gasteiger partial charge >= 0.3 is 0 Å². The van der Waals surface area contributed by atoms with Crippen LogP contribution in [0, 0.1) is 5.41 Å². The van der Waals surface area contributed by atoms with Crippen LogP contribution in [-0.2, 0) is 22.5 Å². The van der Waals surface area contributed by atoms with Crippen molar-refractivity contribution in [2.45, 2.75) is 38.8 Å². The number of amides is 1. The molecule has 3 N–H and O–H groups in total. The number of nitrogens with two attached hydrogens (primary N) is 1. The van der Waals surface area contributed by atoms with Gasteiger partial charge in [-0.3, -0.25) is 9.69 Å². The summed E-state index contributed by atoms with van der Waals surface area (Å²) in [5.41, 5.74) is 6.92. The van der Waals surface area contributed by atoms with Crippen molar-refractivity contribution < 1.29 is 9.53 Å². The standard InChI is InChI=1S/C17H27N3O2S.2ClH/c1-13(20-6-2-15-14(11-20)3-9-23-15)10-19-16(21)17(12-18)4-7-22-8-5-17;;/h3,9,13H,2,4-8,10-12,18H2,1H3,(H,19,21);2*1H. The second-order valence-electron chi connectivity index (χ2n) is 6.75. The summed E-state index contributed by atoms with van der Waals surface area (Å²) in [6.07, 6.45) is 2.58. The van der Waals surface area contributed by atoms with Crippen molar-refractivity contribution in [3.05, 3.63) is 21.9 Å². The first-order chi connectivity index (χ1) is 11.1. The van der Waals surface area contributed by atoms with Crippen molar-refractivity contribution in [1.29, 1.82) is 0 Å². The molecule has 3 heterocycles. The number of nitrogens with zero attached hydrogens (tertiary/aromatic N) is 1. The highest BCUT2D eigenvalue weighted by Gasteiger charge is 2.38. The molecule has 0 radical (unpaired) electrons. The van der Waals surface area contributed by atoms with Gasteiger partial charge in [0.25, 0.3) is 0 Å². The summed E-state index contributed by atoms with van der Waals surface area (Å²) in [7, 11) is 0. The summed E-state index contributed by atoms with van der Waals surface area (Å²) >= 11 is 1.86. The normalized spacial score (nSPS) is 20.6. The summed E-state index contributed by atoms with van der Waals surface area (Å²) in [6.45, 7) is 6.60. The molecule has 1 amide bonds. The van der Waals surface area contributed by atoms with E-state index in [1.165, 1.54) is 10.4 Å². The number of rotatable bonds is 5. The van der Waals surface area contributed by atoms with Crippen molar-refractivity contribution >= 4 is 42.1 Å². The van der Waals surface area contributed by atoms with E-state index in [9.17, 15) is 4.79 Å². The predicted molar refractivity (Wildman–Crippen MR) is 107 cm³/mol. The summed E-state index contributed by atoms with van der Waals surface area (Å²) in [5.74, 6) is 0.100. The lowest BCUT2D eigenvalue weighted by Gasteiger charge is -2.36. The molecule has 0 aromatic carbocycles. The zero-order valence-electron chi connectivity index (χ0n) is 14.7. The molecule has 0 aliphatic carbocycles. The fraction of sp³-hybridized carbons (Fsp3) is 0.706. The Kier molecular flexibility index (Phi) is 9.15. The van der Waals surface area contributed by atoms with E-state index in [0.717, 1.165) is 32.4 Å². The van der Waals surface area contributed by atoms with Gasteiger partial charge in [0.05, 0.1) is 5.41 Å². The lowest BCUT2D eigenvalue weighted by molar-refractivity contribution is -0.136. The largest absolute Gasteiger partial charge is 0.381 e. The van der Waals surface area contributed by atoms with Crippen molar-refractivity contribution in [3.63, 3.8) is 0 Å². The minimum atomic E-state index is -0.430. The predicted octanol–water partition coefficient (Wildman–Crippen LogP) is 2.21. The molecule has 1 aromatic rings. The molecule has 3 rings (SSSR count). The van der Waals surface area contributed by atoms with Gasteiger partial charge in [0.15, 0.2) is 0 Å². The van der Waals surface area contributed by atoms with E-state index in [1.807, 2.05) is 11.3 Å². The Balaban J connectivity index is 0.00000156. The first-order valence-corrected chi connectivity index (χ1v) is 9.38. The molecule has 0 saturated carbocycles. The Morgan fingerprint density at radius 2 is 2.16 bits per heavy atom. The molecule has 1 unspecified atom stereocenters. The number of thiophene rings is 1. The molecule has 0 spiro atoms. The lowest BCUT2D eigenvalue weighted by atomic mass is 9.79. The highest BCUT2D eigenvalue weighted by Crippen LogP contribution is 2.29. The Morgan fingerprint density at radius 3 is 2.84 bits per heavy atom. The van der Waals surface area contributed by atoms with Crippen LogP contribution in [0.2, 0.25) is 0 Å². The number of fused-ring (bicyclic) bond motifs is 1. The number of hydrogen-bond donors (Lipinski definition) is 2. The number of nitrogens with one attached hydrogen (secondary N) is 1. The molecule has 0 bridgehead atoms. The maximum atomic E-state index is 12.6. The summed E-state index contributed by atoms with van der Waals surface area (Å²) in [5, 5.41) is 5.32. The second kappa shape index (κ2) is 10.1. The molecular formula is C17H29Cl2N3O2S. The third kappa shape index (κ3) is 5.08. The minimum absolute atomic E-state index is 0. The molecule has 2 aliphatic heterocycles. The summed E-state index contributed by atoms with van der Waals surface area (Å²) in [4.78, 5) is 16.6. The fourth-order valence-corrected chi connectivity index (χ4v) is 4.38. The van der Waals surface area contributed by atoms with Crippen LogP contribution in [0.4, 0.5) is 0 Å². The van der Waals surface area contributed by atoms with Gasteiger partial charge in [-0.05, 0) is 43.2 Å². The topological polar surface area (TPSA) is 67.6 Å². The minimum Gasteiger partial charge on any atom is -0.381 e. The van der Waals surface area contributed by atoms with E-state index in [2.05, 4.69) is 28.6 Å². The van der Waals surface area contributed by atoms with E-state index in [0.29, 0.717) is 32.3 Å². The van der Waals surface area contributed by atoms with Crippen LogP contribution >= 0.6 is 36.2 Å². The number of ether oxygens (including phenoxy) is 1. The SMILES string of the molecule is CC(CNC(=O)C1(CN)CCOCC1)N1CCc2sccc2C1.Cl.Cl. The first-order valence-electron chi connectivity index (χ1n) is 8.50. The lowest BCUT2D eigenvalue weighted by Crippen LogP contribution is -2.52. The van der Waals surface area contributed by atoms with Crippen LogP contribution in [-0.4, -0.2) is 49.7 Å². The summed E-state index contributed by atoms with van der Waals surface area (Å²) < 4.78 is 5.38. The van der Waals surface area contributed by atoms with Crippen molar-refractivity contribution in [2.24, 2.45) is 11.1 Å². The van der Waals surface area contributed by atoms with Crippen LogP contribution in [0.3, 0.4) is 0 Å². The van der Waals surface area contributed by atoms with E-state index >= 15 is 0 Å². The van der Waals surface area contributed by atoms with Gasteiger partial charge in [-0.1, -0.05) is 0 Å². The molecule has 1 aromatic heterocycles. The van der Waals surface area contributed by atoms with Crippen molar-refractivity contribution in [2.75, 3.05) is 32.8 Å². The van der Waals surface area contributed by atoms with E-state index in [-0.39, 0.29) is 30.7 Å².